The van der Waals surface area contributed by atoms with Crippen molar-refractivity contribution in [3.05, 3.63) is 47.4 Å². The predicted molar refractivity (Wildman–Crippen MR) is 162 cm³/mol. The van der Waals surface area contributed by atoms with Crippen molar-refractivity contribution >= 4 is 40.5 Å². The number of likely N-dealkylation sites (N-methyl/N-ethyl adjacent to an activating group) is 2. The molecular weight excluding hydrogens is 520 g/mol. The monoisotopic (exact) mass is 569 g/mol. The van der Waals surface area contributed by atoms with E-state index in [1.54, 1.807) is 13.8 Å². The Hall–Kier alpha value is -4.12. The van der Waals surface area contributed by atoms with Crippen molar-refractivity contribution in [1.29, 1.82) is 0 Å². The molecule has 1 aromatic carbocycles. The predicted octanol–water partition coefficient (Wildman–Crippen LogP) is 4.26. The molecule has 2 aromatic heterocycles. The van der Waals surface area contributed by atoms with E-state index in [-0.39, 0.29) is 50.7 Å². The van der Waals surface area contributed by atoms with Gasteiger partial charge < -0.3 is 35.2 Å². The van der Waals surface area contributed by atoms with Crippen LogP contribution in [0.15, 0.2) is 30.5 Å². The molecule has 3 N–H and O–H groups in total. The Morgan fingerprint density at radius 3 is 2.71 bits per heavy atom. The van der Waals surface area contributed by atoms with Crippen molar-refractivity contribution in [2.45, 2.75) is 45.1 Å². The molecule has 0 saturated heterocycles. The average molecular weight is 570 g/mol. The minimum absolute atomic E-state index is 0.0389. The third-order valence-electron chi connectivity index (χ3n) is 7.14. The number of benzene rings is 1. The van der Waals surface area contributed by atoms with Crippen LogP contribution in [0.1, 0.15) is 60.8 Å². The smallest absolute Gasteiger partial charge is 0.343 e. The number of hydrogen-bond acceptors (Lipinski definition) is 11. The lowest BCUT2D eigenvalue weighted by atomic mass is 10.0. The summed E-state index contributed by atoms with van der Waals surface area (Å²) >= 11 is 0. The second-order valence-electron chi connectivity index (χ2n) is 10.6. The maximum Gasteiger partial charge on any atom is 0.343 e. The Morgan fingerprint density at radius 1 is 1.22 bits per heavy atom. The zero-order chi connectivity index (χ0) is 37.0. The summed E-state index contributed by atoms with van der Waals surface area (Å²) in [5, 5.41) is 3.06. The topological polar surface area (TPSA) is 122 Å². The van der Waals surface area contributed by atoms with Crippen molar-refractivity contribution in [1.82, 2.24) is 19.9 Å². The van der Waals surface area contributed by atoms with E-state index in [2.05, 4.69) is 10.3 Å². The molecule has 1 aliphatic heterocycles. The highest BCUT2D eigenvalue weighted by Crippen LogP contribution is 2.57. The van der Waals surface area contributed by atoms with Gasteiger partial charge in [-0.25, -0.2) is 9.78 Å². The first-order valence-electron chi connectivity index (χ1n) is 17.8. The van der Waals surface area contributed by atoms with Gasteiger partial charge in [-0.05, 0) is 65.8 Å². The molecule has 3 heterocycles. The number of methoxy groups -OCH3 is 1. The van der Waals surface area contributed by atoms with Gasteiger partial charge >= 0.3 is 5.97 Å². The standard InChI is InChI=1S/C30H40N8O3/c1-18(2)41-28(39)20-16-32-29(34-22-14-21(31)24(15-25(22)40-7)37(6)13-12-36(4)5)35-27(20)38-17-30(10-11-30)26-23(38)9-8-19(3)33-26/h8-9,14-16,18H,10-13,17,31H2,1-7H3,(H,32,34,35)/i4D3,5D3,6D3. The second kappa shape index (κ2) is 11.0. The maximum absolute atomic E-state index is 13.3. The number of esters is 1. The Bertz CT molecular complexity index is 1750. The summed E-state index contributed by atoms with van der Waals surface area (Å²) in [4.78, 5) is 30.3. The largest absolute Gasteiger partial charge is 0.494 e. The number of ether oxygens (including phenoxy) is 2. The normalized spacial score (nSPS) is 19.1. The van der Waals surface area contributed by atoms with Crippen LogP contribution in [0.4, 0.5) is 34.5 Å². The number of aryl methyl sites for hydroxylation is 1. The third kappa shape index (κ3) is 5.72. The van der Waals surface area contributed by atoms with Gasteiger partial charge in [0.2, 0.25) is 5.95 Å². The van der Waals surface area contributed by atoms with Crippen molar-refractivity contribution < 1.29 is 26.6 Å². The number of aromatic nitrogens is 3. The maximum atomic E-state index is 13.3. The number of nitrogen functional groups attached to an aromatic ring is 1. The van der Waals surface area contributed by atoms with E-state index in [0.29, 0.717) is 12.4 Å². The van der Waals surface area contributed by atoms with Crippen molar-refractivity contribution in [2.24, 2.45) is 0 Å². The molecule has 2 aliphatic rings. The summed E-state index contributed by atoms with van der Waals surface area (Å²) in [5.74, 6) is -0.0764. The van der Waals surface area contributed by atoms with Crippen LogP contribution < -0.4 is 25.6 Å². The van der Waals surface area contributed by atoms with E-state index in [1.165, 1.54) is 25.4 Å². The van der Waals surface area contributed by atoms with Gasteiger partial charge in [-0.2, -0.15) is 4.98 Å². The number of rotatable bonds is 10. The van der Waals surface area contributed by atoms with E-state index >= 15 is 0 Å². The molecule has 0 amide bonds. The van der Waals surface area contributed by atoms with Crippen LogP contribution in [0.3, 0.4) is 0 Å². The first-order valence-corrected chi connectivity index (χ1v) is 13.3. The van der Waals surface area contributed by atoms with Crippen molar-refractivity contribution in [2.75, 3.05) is 68.5 Å². The van der Waals surface area contributed by atoms with E-state index < -0.39 is 40.0 Å². The summed E-state index contributed by atoms with van der Waals surface area (Å²) in [5.41, 5.74) is 9.26. The van der Waals surface area contributed by atoms with E-state index in [4.69, 9.17) is 37.5 Å². The fourth-order valence-corrected chi connectivity index (χ4v) is 4.94. The lowest BCUT2D eigenvalue weighted by molar-refractivity contribution is 0.0378. The van der Waals surface area contributed by atoms with Crippen LogP contribution >= 0.6 is 0 Å². The number of nitrogens with two attached hydrogens (primary N) is 1. The van der Waals surface area contributed by atoms with Gasteiger partial charge in [0.25, 0.3) is 0 Å². The molecule has 1 saturated carbocycles. The quantitative estimate of drug-likeness (QED) is 0.269. The summed E-state index contributed by atoms with van der Waals surface area (Å²) in [6.07, 6.45) is 2.89. The second-order valence-corrected chi connectivity index (χ2v) is 10.6. The Labute approximate surface area is 254 Å². The first kappa shape index (κ1) is 19.1. The lowest BCUT2D eigenvalue weighted by Crippen LogP contribution is -2.29. The van der Waals surface area contributed by atoms with Crippen LogP contribution in [0, 0.1) is 6.92 Å². The highest BCUT2D eigenvalue weighted by Gasteiger charge is 2.54. The van der Waals surface area contributed by atoms with Crippen LogP contribution in [0.2, 0.25) is 0 Å². The molecule has 0 radical (unpaired) electrons. The van der Waals surface area contributed by atoms with E-state index in [1.807, 2.05) is 24.0 Å². The number of anilines is 6. The van der Waals surface area contributed by atoms with Gasteiger partial charge in [-0.15, -0.1) is 0 Å². The summed E-state index contributed by atoms with van der Waals surface area (Å²) in [6, 6.07) is 6.61. The van der Waals surface area contributed by atoms with Gasteiger partial charge in [0.15, 0.2) is 5.82 Å². The number of hydrogen-bond donors (Lipinski definition) is 2. The number of carbonyl (C=O) groups excluding carboxylic acids is 1. The number of nitrogens with one attached hydrogen (secondary N) is 1. The molecule has 218 valence electrons. The summed E-state index contributed by atoms with van der Waals surface area (Å²) in [6.45, 7) is -4.00. The Balaban J connectivity index is 1.51. The minimum atomic E-state index is -3.01. The number of pyridine rings is 1. The molecule has 11 nitrogen and oxygen atoms in total. The molecule has 1 aliphatic carbocycles. The van der Waals surface area contributed by atoms with Gasteiger partial charge in [0.05, 0.1) is 41.7 Å². The third-order valence-corrected chi connectivity index (χ3v) is 7.14. The number of nitrogens with zero attached hydrogens (tertiary/aromatic N) is 6. The molecule has 41 heavy (non-hydrogen) atoms. The summed E-state index contributed by atoms with van der Waals surface area (Å²) in [7, 11) is 1.35. The molecule has 5 rings (SSSR count). The average Bonchev–Trinajstić information content (AvgIpc) is 3.70. The molecule has 11 heteroatoms. The van der Waals surface area contributed by atoms with Crippen LogP contribution in [-0.4, -0.2) is 79.6 Å². The molecule has 0 bridgehead atoms. The minimum Gasteiger partial charge on any atom is -0.494 e. The zero-order valence-electron chi connectivity index (χ0n) is 32.5. The van der Waals surface area contributed by atoms with Gasteiger partial charge in [0.1, 0.15) is 11.3 Å². The molecule has 1 spiro atoms. The summed E-state index contributed by atoms with van der Waals surface area (Å²) < 4.78 is 81.3. The highest BCUT2D eigenvalue weighted by molar-refractivity contribution is 5.96. The molecule has 3 aromatic rings. The highest BCUT2D eigenvalue weighted by atomic mass is 16.5. The lowest BCUT2D eigenvalue weighted by Gasteiger charge is -2.25. The Kier molecular flexibility index (Phi) is 5.14. The van der Waals surface area contributed by atoms with E-state index in [9.17, 15) is 4.79 Å². The Morgan fingerprint density at radius 2 is 2.02 bits per heavy atom. The van der Waals surface area contributed by atoms with Gasteiger partial charge in [-0.1, -0.05) is 0 Å². The van der Waals surface area contributed by atoms with Crippen molar-refractivity contribution in [3.63, 3.8) is 0 Å². The van der Waals surface area contributed by atoms with E-state index in [0.717, 1.165) is 34.8 Å². The number of fused-ring (bicyclic) bond motifs is 2. The molecule has 0 atom stereocenters. The fraction of sp³-hybridized carbons (Fsp3) is 0.467. The first-order chi connectivity index (χ1) is 23.1. The van der Waals surface area contributed by atoms with Crippen LogP contribution in [-0.2, 0) is 10.2 Å². The molecular formula is C30H40N8O3. The van der Waals surface area contributed by atoms with Gasteiger partial charge in [0, 0.05) is 62.3 Å². The zero-order valence-corrected chi connectivity index (χ0v) is 23.5. The SMILES string of the molecule is [2H]C([2H])([2H])N(CCN(C([2H])([2H])[2H])C([2H])([2H])[2H])c1cc(OC)c(Nc2ncc(C(=O)OC(C)C)c(N3CC4(CC4)c4nc(C)ccc43)n2)cc1N. The van der Waals surface area contributed by atoms with Gasteiger partial charge in [-0.3, -0.25) is 4.98 Å². The number of carbonyl (C=O) groups is 1. The van der Waals surface area contributed by atoms with Crippen molar-refractivity contribution in [3.8, 4) is 5.75 Å². The van der Waals surface area contributed by atoms with Crippen LogP contribution in [0.5, 0.6) is 5.75 Å². The molecule has 1 fully saturated rings. The molecule has 0 unspecified atom stereocenters. The fourth-order valence-electron chi connectivity index (χ4n) is 4.94. The van der Waals surface area contributed by atoms with Crippen LogP contribution in [0.25, 0.3) is 0 Å².